The van der Waals surface area contributed by atoms with Crippen molar-refractivity contribution in [2.75, 3.05) is 10.7 Å². The second-order valence-corrected chi connectivity index (χ2v) is 5.72. The van der Waals surface area contributed by atoms with Crippen LogP contribution < -0.4 is 0 Å². The van der Waals surface area contributed by atoms with E-state index in [-0.39, 0.29) is 0 Å². The average molecular weight is 377 g/mol. The molecule has 1 heterocycles. The van der Waals surface area contributed by atoms with Crippen molar-refractivity contribution in [2.45, 2.75) is 6.42 Å². The maximum absolute atomic E-state index is 3.53. The average Bonchev–Trinajstić information content (AvgIpc) is 2.47. The van der Waals surface area contributed by atoms with Crippen LogP contribution in [0.15, 0.2) is 15.9 Å². The number of alkyl halides is 2. The lowest BCUT2D eigenvalue weighted by Gasteiger charge is -2.08. The van der Waals surface area contributed by atoms with Gasteiger partial charge in [-0.15, -0.1) is 11.3 Å². The molecule has 1 rings (SSSR count). The van der Waals surface area contributed by atoms with E-state index in [1.807, 2.05) is 11.3 Å². The summed E-state index contributed by atoms with van der Waals surface area (Å²) in [5, 5.41) is 4.24. The van der Waals surface area contributed by atoms with Crippen LogP contribution in [-0.4, -0.2) is 10.7 Å². The third-order valence-corrected chi connectivity index (χ3v) is 5.38. The number of hydrogen-bond donors (Lipinski definition) is 0. The van der Waals surface area contributed by atoms with Gasteiger partial charge in [0.2, 0.25) is 0 Å². The third-order valence-electron chi connectivity index (χ3n) is 1.60. The monoisotopic (exact) mass is 374 g/mol. The highest BCUT2D eigenvalue weighted by Crippen LogP contribution is 2.26. The summed E-state index contributed by atoms with van der Waals surface area (Å²) in [4.78, 5) is 1.44. The highest BCUT2D eigenvalue weighted by molar-refractivity contribution is 9.10. The summed E-state index contributed by atoms with van der Waals surface area (Å²) in [6, 6.07) is 2.11. The Hall–Kier alpha value is 1.14. The van der Waals surface area contributed by atoms with Crippen LogP contribution in [0.3, 0.4) is 0 Å². The van der Waals surface area contributed by atoms with E-state index in [0.717, 1.165) is 17.1 Å². The van der Waals surface area contributed by atoms with Crippen LogP contribution >= 0.6 is 59.1 Å². The van der Waals surface area contributed by atoms with E-state index in [0.29, 0.717) is 5.92 Å². The molecule has 0 saturated heterocycles. The molecular formula is C8H9Br3S. The van der Waals surface area contributed by atoms with E-state index in [2.05, 4.69) is 59.2 Å². The molecule has 0 fully saturated rings. The lowest BCUT2D eigenvalue weighted by molar-refractivity contribution is 0.686. The van der Waals surface area contributed by atoms with E-state index < -0.39 is 0 Å². The first kappa shape index (κ1) is 11.2. The van der Waals surface area contributed by atoms with Crippen molar-refractivity contribution < 1.29 is 0 Å². The van der Waals surface area contributed by atoms with Gasteiger partial charge in [-0.25, -0.2) is 0 Å². The zero-order chi connectivity index (χ0) is 8.97. The van der Waals surface area contributed by atoms with Gasteiger partial charge >= 0.3 is 0 Å². The first-order chi connectivity index (χ1) is 5.77. The molecule has 0 nitrogen and oxygen atoms in total. The van der Waals surface area contributed by atoms with Crippen molar-refractivity contribution in [2.24, 2.45) is 5.92 Å². The van der Waals surface area contributed by atoms with E-state index in [1.54, 1.807) is 0 Å². The van der Waals surface area contributed by atoms with Crippen molar-refractivity contribution in [1.29, 1.82) is 0 Å². The zero-order valence-corrected chi connectivity index (χ0v) is 12.0. The summed E-state index contributed by atoms with van der Waals surface area (Å²) in [5.74, 6) is 0.694. The molecule has 0 bridgehead atoms. The molecule has 0 aromatic carbocycles. The lowest BCUT2D eigenvalue weighted by atomic mass is 10.1. The Labute approximate surface area is 102 Å². The van der Waals surface area contributed by atoms with Gasteiger partial charge < -0.3 is 0 Å². The van der Waals surface area contributed by atoms with Gasteiger partial charge in [0.15, 0.2) is 0 Å². The largest absolute Gasteiger partial charge is 0.148 e. The normalized spacial score (nSPS) is 11.0. The molecule has 4 heteroatoms. The van der Waals surface area contributed by atoms with Crippen molar-refractivity contribution in [1.82, 2.24) is 0 Å². The maximum Gasteiger partial charge on any atom is 0.0314 e. The molecule has 0 atom stereocenters. The standard InChI is InChI=1S/C8H9Br3S/c9-4-6(5-10)3-8-7(11)1-2-12-8/h1-2,6H,3-5H2. The Bertz CT molecular complexity index is 230. The highest BCUT2D eigenvalue weighted by Gasteiger charge is 2.09. The molecule has 0 spiro atoms. The molecule has 0 N–H and O–H groups in total. The van der Waals surface area contributed by atoms with E-state index >= 15 is 0 Å². The highest BCUT2D eigenvalue weighted by atomic mass is 79.9. The topological polar surface area (TPSA) is 0 Å². The molecule has 1 aromatic rings. The Morgan fingerprint density at radius 3 is 2.42 bits per heavy atom. The van der Waals surface area contributed by atoms with Gasteiger partial charge in [0.25, 0.3) is 0 Å². The van der Waals surface area contributed by atoms with Gasteiger partial charge in [-0.3, -0.25) is 0 Å². The van der Waals surface area contributed by atoms with Crippen LogP contribution in [0.2, 0.25) is 0 Å². The molecular weight excluding hydrogens is 368 g/mol. The van der Waals surface area contributed by atoms with Crippen LogP contribution in [-0.2, 0) is 6.42 Å². The molecule has 0 radical (unpaired) electrons. The molecule has 1 aromatic heterocycles. The minimum absolute atomic E-state index is 0.694. The fraction of sp³-hybridized carbons (Fsp3) is 0.500. The van der Waals surface area contributed by atoms with Gasteiger partial charge in [0.05, 0.1) is 0 Å². The van der Waals surface area contributed by atoms with Crippen LogP contribution in [0, 0.1) is 5.92 Å². The molecule has 0 unspecified atom stereocenters. The quantitative estimate of drug-likeness (QED) is 0.680. The predicted octanol–water partition coefficient (Wildman–Crippen LogP) is 4.46. The summed E-state index contributed by atoms with van der Waals surface area (Å²) < 4.78 is 1.25. The van der Waals surface area contributed by atoms with E-state index in [9.17, 15) is 0 Å². The van der Waals surface area contributed by atoms with E-state index in [4.69, 9.17) is 0 Å². The van der Waals surface area contributed by atoms with Gasteiger partial charge in [-0.1, -0.05) is 31.9 Å². The summed E-state index contributed by atoms with van der Waals surface area (Å²) in [6.07, 6.45) is 1.15. The number of thiophene rings is 1. The second-order valence-electron chi connectivity index (χ2n) is 2.57. The Balaban J connectivity index is 2.56. The lowest BCUT2D eigenvalue weighted by Crippen LogP contribution is -2.06. The molecule has 0 amide bonds. The predicted molar refractivity (Wildman–Crippen MR) is 66.8 cm³/mol. The zero-order valence-electron chi connectivity index (χ0n) is 6.40. The molecule has 0 saturated carbocycles. The fourth-order valence-electron chi connectivity index (χ4n) is 0.883. The third kappa shape index (κ3) is 3.13. The first-order valence-corrected chi connectivity index (χ1v) is 7.53. The SMILES string of the molecule is BrCC(CBr)Cc1sccc1Br. The summed E-state index contributed by atoms with van der Waals surface area (Å²) in [7, 11) is 0. The summed E-state index contributed by atoms with van der Waals surface area (Å²) >= 11 is 12.4. The maximum atomic E-state index is 3.53. The van der Waals surface area contributed by atoms with Crippen LogP contribution in [0.4, 0.5) is 0 Å². The smallest absolute Gasteiger partial charge is 0.0314 e. The van der Waals surface area contributed by atoms with Gasteiger partial charge in [0.1, 0.15) is 0 Å². The first-order valence-electron chi connectivity index (χ1n) is 3.61. The Morgan fingerprint density at radius 1 is 1.33 bits per heavy atom. The Morgan fingerprint density at radius 2 is 2.00 bits per heavy atom. The Kier molecular flexibility index (Phi) is 5.41. The molecule has 12 heavy (non-hydrogen) atoms. The van der Waals surface area contributed by atoms with Crippen molar-refractivity contribution in [3.8, 4) is 0 Å². The summed E-state index contributed by atoms with van der Waals surface area (Å²) in [6.45, 7) is 0. The van der Waals surface area contributed by atoms with Gasteiger partial charge in [-0.2, -0.15) is 0 Å². The van der Waals surface area contributed by atoms with Crippen molar-refractivity contribution in [3.05, 3.63) is 20.8 Å². The number of hydrogen-bond acceptors (Lipinski definition) is 1. The van der Waals surface area contributed by atoms with Crippen molar-refractivity contribution >= 4 is 59.1 Å². The minimum atomic E-state index is 0.694. The van der Waals surface area contributed by atoms with Crippen LogP contribution in [0.5, 0.6) is 0 Å². The van der Waals surface area contributed by atoms with Crippen molar-refractivity contribution in [3.63, 3.8) is 0 Å². The fourth-order valence-corrected chi connectivity index (χ4v) is 4.04. The van der Waals surface area contributed by atoms with E-state index in [1.165, 1.54) is 9.35 Å². The van der Waals surface area contributed by atoms with Gasteiger partial charge in [-0.05, 0) is 39.7 Å². The molecule has 68 valence electrons. The number of halogens is 3. The summed E-state index contributed by atoms with van der Waals surface area (Å²) in [5.41, 5.74) is 0. The van der Waals surface area contributed by atoms with Crippen LogP contribution in [0.25, 0.3) is 0 Å². The van der Waals surface area contributed by atoms with Gasteiger partial charge in [0, 0.05) is 20.0 Å². The minimum Gasteiger partial charge on any atom is -0.148 e. The second kappa shape index (κ2) is 5.78. The molecule has 0 aliphatic carbocycles. The number of rotatable bonds is 4. The van der Waals surface area contributed by atoms with Crippen LogP contribution in [0.1, 0.15) is 4.88 Å². The molecule has 0 aliphatic heterocycles. The molecule has 0 aliphatic rings.